The number of hydrogen-bond donors (Lipinski definition) is 0. The number of halogens is 1. The van der Waals surface area contributed by atoms with E-state index in [0.29, 0.717) is 17.1 Å². The number of hydrogen-bond acceptors (Lipinski definition) is 3. The third-order valence-corrected chi connectivity index (χ3v) is 2.53. The van der Waals surface area contributed by atoms with Crippen molar-refractivity contribution < 1.29 is 9.13 Å². The van der Waals surface area contributed by atoms with Gasteiger partial charge in [0, 0.05) is 13.5 Å². The summed E-state index contributed by atoms with van der Waals surface area (Å²) in [5.41, 5.74) is 0.613. The molecule has 0 N–H and O–H groups in total. The number of ether oxygens (including phenoxy) is 1. The van der Waals surface area contributed by atoms with Crippen LogP contribution < -0.4 is 4.74 Å². The molecule has 0 bridgehead atoms. The van der Waals surface area contributed by atoms with Crippen LogP contribution in [0.3, 0.4) is 0 Å². The normalized spacial score (nSPS) is 10.6. The van der Waals surface area contributed by atoms with Gasteiger partial charge in [-0.1, -0.05) is 6.92 Å². The number of rotatable bonds is 3. The van der Waals surface area contributed by atoms with Gasteiger partial charge in [-0.3, -0.25) is 0 Å². The summed E-state index contributed by atoms with van der Waals surface area (Å²) >= 11 is 0. The zero-order chi connectivity index (χ0) is 12.4. The first kappa shape index (κ1) is 11.6. The van der Waals surface area contributed by atoms with Gasteiger partial charge < -0.3 is 4.74 Å². The van der Waals surface area contributed by atoms with Crippen molar-refractivity contribution >= 4 is 0 Å². The second-order valence-electron chi connectivity index (χ2n) is 3.67. The molecule has 0 saturated carbocycles. The van der Waals surface area contributed by atoms with Crippen LogP contribution >= 0.6 is 0 Å². The van der Waals surface area contributed by atoms with E-state index in [9.17, 15) is 4.39 Å². The van der Waals surface area contributed by atoms with E-state index in [1.807, 2.05) is 6.92 Å². The smallest absolute Gasteiger partial charge is 0.161 e. The van der Waals surface area contributed by atoms with Crippen LogP contribution in [0.1, 0.15) is 12.7 Å². The lowest BCUT2D eigenvalue weighted by molar-refractivity contribution is 0.415. The van der Waals surface area contributed by atoms with Crippen LogP contribution in [0.2, 0.25) is 0 Å². The van der Waals surface area contributed by atoms with Crippen molar-refractivity contribution in [2.24, 2.45) is 7.05 Å². The van der Waals surface area contributed by atoms with Gasteiger partial charge in [0.25, 0.3) is 0 Å². The lowest BCUT2D eigenvalue weighted by Crippen LogP contribution is -1.97. The predicted octanol–water partition coefficient (Wildman–Crippen LogP) is 2.19. The molecule has 5 heteroatoms. The van der Waals surface area contributed by atoms with E-state index in [0.717, 1.165) is 12.2 Å². The maximum atomic E-state index is 13.3. The molecule has 4 nitrogen and oxygen atoms in total. The van der Waals surface area contributed by atoms with Crippen molar-refractivity contribution in [3.63, 3.8) is 0 Å². The highest BCUT2D eigenvalue weighted by Gasteiger charge is 2.14. The van der Waals surface area contributed by atoms with Crippen LogP contribution in [0.15, 0.2) is 18.2 Å². The van der Waals surface area contributed by atoms with Gasteiger partial charge >= 0.3 is 0 Å². The largest absolute Gasteiger partial charge is 0.496 e. The Labute approximate surface area is 99.1 Å². The first-order valence-electron chi connectivity index (χ1n) is 5.39. The minimum absolute atomic E-state index is 0.318. The maximum absolute atomic E-state index is 13.3. The zero-order valence-electron chi connectivity index (χ0n) is 10.1. The van der Waals surface area contributed by atoms with Crippen LogP contribution in [0.4, 0.5) is 4.39 Å². The topological polar surface area (TPSA) is 39.9 Å². The third kappa shape index (κ3) is 2.13. The molecule has 0 aliphatic heterocycles. The van der Waals surface area contributed by atoms with Crippen molar-refractivity contribution in [3.8, 4) is 17.1 Å². The van der Waals surface area contributed by atoms with E-state index in [2.05, 4.69) is 10.1 Å². The molecule has 1 aromatic heterocycles. The molecule has 1 aromatic carbocycles. The molecule has 90 valence electrons. The molecule has 0 amide bonds. The molecule has 0 unspecified atom stereocenters. The number of aryl methyl sites for hydroxylation is 2. The van der Waals surface area contributed by atoms with Crippen molar-refractivity contribution in [1.82, 2.24) is 14.8 Å². The van der Waals surface area contributed by atoms with E-state index < -0.39 is 0 Å². The second kappa shape index (κ2) is 4.53. The average molecular weight is 235 g/mol. The van der Waals surface area contributed by atoms with Crippen molar-refractivity contribution in [3.05, 3.63) is 29.8 Å². The van der Waals surface area contributed by atoms with Gasteiger partial charge in [0.2, 0.25) is 0 Å². The Morgan fingerprint density at radius 1 is 1.41 bits per heavy atom. The molecular weight excluding hydrogens is 221 g/mol. The van der Waals surface area contributed by atoms with E-state index >= 15 is 0 Å². The van der Waals surface area contributed by atoms with E-state index in [4.69, 9.17) is 4.74 Å². The monoisotopic (exact) mass is 235 g/mol. The SMILES string of the molecule is CCc1nc(-c2cc(F)ccc2OC)n(C)n1. The number of benzene rings is 1. The lowest BCUT2D eigenvalue weighted by Gasteiger charge is -2.07. The van der Waals surface area contributed by atoms with Gasteiger partial charge in [-0.15, -0.1) is 0 Å². The molecule has 17 heavy (non-hydrogen) atoms. The lowest BCUT2D eigenvalue weighted by atomic mass is 10.2. The zero-order valence-corrected chi connectivity index (χ0v) is 10.1. The average Bonchev–Trinajstić information content (AvgIpc) is 2.70. The molecule has 0 aliphatic rings. The Kier molecular flexibility index (Phi) is 3.08. The van der Waals surface area contributed by atoms with Gasteiger partial charge in [-0.05, 0) is 18.2 Å². The standard InChI is InChI=1S/C12H14FN3O/c1-4-11-14-12(16(2)15-11)9-7-8(13)5-6-10(9)17-3/h5-7H,4H2,1-3H3. The Morgan fingerprint density at radius 2 is 2.18 bits per heavy atom. The summed E-state index contributed by atoms with van der Waals surface area (Å²) in [6.45, 7) is 1.97. The Balaban J connectivity index is 2.58. The fourth-order valence-electron chi connectivity index (χ4n) is 1.68. The van der Waals surface area contributed by atoms with E-state index in [1.165, 1.54) is 12.1 Å². The number of aromatic nitrogens is 3. The molecule has 2 rings (SSSR count). The summed E-state index contributed by atoms with van der Waals surface area (Å²) in [6.07, 6.45) is 0.742. The van der Waals surface area contributed by atoms with Crippen molar-refractivity contribution in [2.45, 2.75) is 13.3 Å². The molecule has 0 saturated heterocycles. The van der Waals surface area contributed by atoms with Gasteiger partial charge in [0.1, 0.15) is 11.6 Å². The molecule has 0 radical (unpaired) electrons. The summed E-state index contributed by atoms with van der Waals surface area (Å²) in [6, 6.07) is 4.35. The van der Waals surface area contributed by atoms with Gasteiger partial charge in [0.15, 0.2) is 11.6 Å². The van der Waals surface area contributed by atoms with Crippen LogP contribution in [0, 0.1) is 5.82 Å². The van der Waals surface area contributed by atoms with Gasteiger partial charge in [-0.25, -0.2) is 14.1 Å². The Bertz CT molecular complexity index is 537. The minimum Gasteiger partial charge on any atom is -0.496 e. The molecule has 1 heterocycles. The van der Waals surface area contributed by atoms with Gasteiger partial charge in [0.05, 0.1) is 12.7 Å². The highest BCUT2D eigenvalue weighted by atomic mass is 19.1. The summed E-state index contributed by atoms with van der Waals surface area (Å²) in [4.78, 5) is 4.35. The summed E-state index contributed by atoms with van der Waals surface area (Å²) in [5, 5.41) is 4.24. The molecule has 2 aromatic rings. The van der Waals surface area contributed by atoms with Crippen LogP contribution in [0.5, 0.6) is 5.75 Å². The second-order valence-corrected chi connectivity index (χ2v) is 3.67. The highest BCUT2D eigenvalue weighted by molar-refractivity contribution is 5.64. The summed E-state index contributed by atoms with van der Waals surface area (Å²) in [5.74, 6) is 1.61. The number of methoxy groups -OCH3 is 1. The molecule has 0 spiro atoms. The first-order valence-corrected chi connectivity index (χ1v) is 5.39. The first-order chi connectivity index (χ1) is 8.15. The van der Waals surface area contributed by atoms with Crippen molar-refractivity contribution in [2.75, 3.05) is 7.11 Å². The summed E-state index contributed by atoms with van der Waals surface area (Å²) < 4.78 is 20.1. The molecule has 0 atom stereocenters. The third-order valence-electron chi connectivity index (χ3n) is 2.53. The van der Waals surface area contributed by atoms with Crippen LogP contribution in [-0.4, -0.2) is 21.9 Å². The number of nitrogens with zero attached hydrogens (tertiary/aromatic N) is 3. The van der Waals surface area contributed by atoms with E-state index in [-0.39, 0.29) is 5.82 Å². The minimum atomic E-state index is -0.318. The highest BCUT2D eigenvalue weighted by Crippen LogP contribution is 2.28. The fraction of sp³-hybridized carbons (Fsp3) is 0.333. The summed E-state index contributed by atoms with van der Waals surface area (Å²) in [7, 11) is 3.33. The van der Waals surface area contributed by atoms with E-state index in [1.54, 1.807) is 24.9 Å². The quantitative estimate of drug-likeness (QED) is 0.818. The molecule has 0 aliphatic carbocycles. The Morgan fingerprint density at radius 3 is 2.76 bits per heavy atom. The molecule has 0 fully saturated rings. The Hall–Kier alpha value is -1.91. The predicted molar refractivity (Wildman–Crippen MR) is 62.3 cm³/mol. The van der Waals surface area contributed by atoms with Crippen LogP contribution in [0.25, 0.3) is 11.4 Å². The van der Waals surface area contributed by atoms with Gasteiger partial charge in [-0.2, -0.15) is 5.10 Å². The molecular formula is C12H14FN3O. The van der Waals surface area contributed by atoms with Crippen molar-refractivity contribution in [1.29, 1.82) is 0 Å². The fourth-order valence-corrected chi connectivity index (χ4v) is 1.68. The maximum Gasteiger partial charge on any atom is 0.161 e. The van der Waals surface area contributed by atoms with Crippen LogP contribution in [-0.2, 0) is 13.5 Å².